The van der Waals surface area contributed by atoms with E-state index in [-0.39, 0.29) is 5.97 Å². The van der Waals surface area contributed by atoms with Gasteiger partial charge in [0.05, 0.1) is 12.2 Å². The first-order valence-electron chi connectivity index (χ1n) is 6.16. The topological polar surface area (TPSA) is 69.0 Å². The molecule has 100 valence electrons. The highest BCUT2D eigenvalue weighted by Crippen LogP contribution is 2.12. The smallest absolute Gasteiger partial charge is 0.339 e. The molecule has 0 atom stereocenters. The van der Waals surface area contributed by atoms with Crippen LogP contribution < -0.4 is 5.32 Å². The molecule has 0 aliphatic heterocycles. The maximum atomic E-state index is 11.5. The third kappa shape index (κ3) is 3.31. The Balaban J connectivity index is 2.04. The Hall–Kier alpha value is -2.37. The van der Waals surface area contributed by atoms with Gasteiger partial charge in [0.2, 0.25) is 0 Å². The van der Waals surface area contributed by atoms with Crippen molar-refractivity contribution in [2.75, 3.05) is 11.9 Å². The van der Waals surface area contributed by atoms with Crippen LogP contribution in [0, 0.1) is 0 Å². The van der Waals surface area contributed by atoms with Gasteiger partial charge in [-0.15, -0.1) is 0 Å². The lowest BCUT2D eigenvalue weighted by atomic mass is 10.3. The standard InChI is InChI=1S/C13H16N4O2/c1-3-17-8-7-12(16-17)15-11-6-5-10(9-14-11)13(18)19-4-2/h5-9H,3-4H2,1-2H3,(H,14,15,16). The van der Waals surface area contributed by atoms with Crippen LogP contribution in [0.3, 0.4) is 0 Å². The quantitative estimate of drug-likeness (QED) is 0.835. The van der Waals surface area contributed by atoms with Gasteiger partial charge in [-0.3, -0.25) is 4.68 Å². The monoisotopic (exact) mass is 260 g/mol. The maximum Gasteiger partial charge on any atom is 0.339 e. The molecule has 2 rings (SSSR count). The zero-order valence-corrected chi connectivity index (χ0v) is 11.0. The Bertz CT molecular complexity index is 548. The maximum absolute atomic E-state index is 11.5. The van der Waals surface area contributed by atoms with Gasteiger partial charge in [-0.1, -0.05) is 0 Å². The molecule has 2 aromatic rings. The number of anilines is 2. The lowest BCUT2D eigenvalue weighted by Crippen LogP contribution is -2.05. The van der Waals surface area contributed by atoms with Crippen molar-refractivity contribution in [3.8, 4) is 0 Å². The largest absolute Gasteiger partial charge is 0.462 e. The van der Waals surface area contributed by atoms with Gasteiger partial charge < -0.3 is 10.1 Å². The number of rotatable bonds is 5. The summed E-state index contributed by atoms with van der Waals surface area (Å²) in [6, 6.07) is 5.26. The molecule has 0 saturated carbocycles. The second-order valence-electron chi connectivity index (χ2n) is 3.83. The Morgan fingerprint density at radius 3 is 2.74 bits per heavy atom. The van der Waals surface area contributed by atoms with Crippen molar-refractivity contribution in [3.63, 3.8) is 0 Å². The lowest BCUT2D eigenvalue weighted by molar-refractivity contribution is 0.0526. The summed E-state index contributed by atoms with van der Waals surface area (Å²) in [5, 5.41) is 7.35. The van der Waals surface area contributed by atoms with Crippen LogP contribution in [0.2, 0.25) is 0 Å². The number of esters is 1. The van der Waals surface area contributed by atoms with E-state index in [4.69, 9.17) is 4.74 Å². The third-order valence-electron chi connectivity index (χ3n) is 2.50. The van der Waals surface area contributed by atoms with Gasteiger partial charge >= 0.3 is 5.97 Å². The van der Waals surface area contributed by atoms with Crippen LogP contribution in [0.1, 0.15) is 24.2 Å². The molecule has 6 heteroatoms. The second-order valence-corrected chi connectivity index (χ2v) is 3.83. The van der Waals surface area contributed by atoms with Crippen LogP contribution in [0.25, 0.3) is 0 Å². The molecule has 0 aliphatic carbocycles. The number of aryl methyl sites for hydroxylation is 1. The van der Waals surface area contributed by atoms with Gasteiger partial charge in [0.25, 0.3) is 0 Å². The van der Waals surface area contributed by atoms with E-state index in [0.717, 1.165) is 12.4 Å². The Morgan fingerprint density at radius 2 is 2.16 bits per heavy atom. The van der Waals surface area contributed by atoms with Gasteiger partial charge in [-0.2, -0.15) is 5.10 Å². The summed E-state index contributed by atoms with van der Waals surface area (Å²) in [7, 11) is 0. The van der Waals surface area contributed by atoms with Crippen molar-refractivity contribution in [2.45, 2.75) is 20.4 Å². The Labute approximate surface area is 111 Å². The summed E-state index contributed by atoms with van der Waals surface area (Å²) in [5.41, 5.74) is 0.437. The summed E-state index contributed by atoms with van der Waals surface area (Å²) in [4.78, 5) is 15.6. The second kappa shape index (κ2) is 5.99. The van der Waals surface area contributed by atoms with Gasteiger partial charge in [0.15, 0.2) is 5.82 Å². The van der Waals surface area contributed by atoms with E-state index in [9.17, 15) is 4.79 Å². The molecule has 0 aromatic carbocycles. The normalized spacial score (nSPS) is 10.2. The molecule has 0 unspecified atom stereocenters. The summed E-state index contributed by atoms with van der Waals surface area (Å²) < 4.78 is 6.70. The van der Waals surface area contributed by atoms with Crippen molar-refractivity contribution in [2.24, 2.45) is 0 Å². The van der Waals surface area contributed by atoms with Crippen molar-refractivity contribution in [1.29, 1.82) is 0 Å². The van der Waals surface area contributed by atoms with E-state index in [0.29, 0.717) is 18.0 Å². The fourth-order valence-electron chi connectivity index (χ4n) is 1.54. The molecule has 0 saturated heterocycles. The van der Waals surface area contributed by atoms with E-state index >= 15 is 0 Å². The van der Waals surface area contributed by atoms with Crippen LogP contribution in [0.4, 0.5) is 11.6 Å². The summed E-state index contributed by atoms with van der Waals surface area (Å²) in [5.74, 6) is 0.990. The van der Waals surface area contributed by atoms with Gasteiger partial charge in [-0.25, -0.2) is 9.78 Å². The highest BCUT2D eigenvalue weighted by molar-refractivity contribution is 5.89. The molecule has 6 nitrogen and oxygen atoms in total. The number of hydrogen-bond donors (Lipinski definition) is 1. The van der Waals surface area contributed by atoms with Crippen molar-refractivity contribution in [1.82, 2.24) is 14.8 Å². The minimum atomic E-state index is -0.364. The number of ether oxygens (including phenoxy) is 1. The molecule has 2 aromatic heterocycles. The fourth-order valence-corrected chi connectivity index (χ4v) is 1.54. The number of nitrogens with zero attached hydrogens (tertiary/aromatic N) is 3. The Morgan fingerprint density at radius 1 is 1.32 bits per heavy atom. The van der Waals surface area contributed by atoms with E-state index in [1.165, 1.54) is 6.20 Å². The zero-order chi connectivity index (χ0) is 13.7. The van der Waals surface area contributed by atoms with Gasteiger partial charge in [0, 0.05) is 25.0 Å². The average molecular weight is 260 g/mol. The van der Waals surface area contributed by atoms with Crippen LogP contribution in [-0.4, -0.2) is 27.3 Å². The molecule has 0 spiro atoms. The molecule has 2 heterocycles. The van der Waals surface area contributed by atoms with Crippen molar-refractivity contribution >= 4 is 17.6 Å². The van der Waals surface area contributed by atoms with Crippen LogP contribution in [0.5, 0.6) is 0 Å². The summed E-state index contributed by atoms with van der Waals surface area (Å²) in [6.45, 7) is 4.96. The first kappa shape index (κ1) is 13.1. The fraction of sp³-hybridized carbons (Fsp3) is 0.308. The van der Waals surface area contributed by atoms with Gasteiger partial charge in [-0.05, 0) is 26.0 Å². The van der Waals surface area contributed by atoms with Crippen molar-refractivity contribution in [3.05, 3.63) is 36.2 Å². The van der Waals surface area contributed by atoms with E-state index in [1.807, 2.05) is 23.9 Å². The minimum absolute atomic E-state index is 0.354. The van der Waals surface area contributed by atoms with Crippen molar-refractivity contribution < 1.29 is 9.53 Å². The number of pyridine rings is 1. The first-order chi connectivity index (χ1) is 9.22. The summed E-state index contributed by atoms with van der Waals surface area (Å²) >= 11 is 0. The van der Waals surface area contributed by atoms with Crippen LogP contribution in [-0.2, 0) is 11.3 Å². The van der Waals surface area contributed by atoms with E-state index in [1.54, 1.807) is 19.1 Å². The number of carbonyl (C=O) groups excluding carboxylic acids is 1. The average Bonchev–Trinajstić information content (AvgIpc) is 2.87. The molecule has 0 amide bonds. The molecule has 19 heavy (non-hydrogen) atoms. The highest BCUT2D eigenvalue weighted by atomic mass is 16.5. The molecule has 1 N–H and O–H groups in total. The minimum Gasteiger partial charge on any atom is -0.462 e. The molecule has 0 fully saturated rings. The lowest BCUT2D eigenvalue weighted by Gasteiger charge is -2.04. The number of hydrogen-bond acceptors (Lipinski definition) is 5. The first-order valence-corrected chi connectivity index (χ1v) is 6.16. The van der Waals surface area contributed by atoms with E-state index < -0.39 is 0 Å². The number of carbonyl (C=O) groups is 1. The summed E-state index contributed by atoms with van der Waals surface area (Å²) in [6.07, 6.45) is 3.37. The SMILES string of the molecule is CCOC(=O)c1ccc(Nc2ccn(CC)n2)nc1. The van der Waals surface area contributed by atoms with E-state index in [2.05, 4.69) is 15.4 Å². The zero-order valence-electron chi connectivity index (χ0n) is 11.0. The number of nitrogens with one attached hydrogen (secondary N) is 1. The molecule has 0 bridgehead atoms. The predicted molar refractivity (Wildman–Crippen MR) is 71.4 cm³/mol. The molecule has 0 aliphatic rings. The van der Waals surface area contributed by atoms with Crippen LogP contribution >= 0.6 is 0 Å². The molecular formula is C13H16N4O2. The van der Waals surface area contributed by atoms with Crippen LogP contribution in [0.15, 0.2) is 30.6 Å². The third-order valence-corrected chi connectivity index (χ3v) is 2.50. The molecular weight excluding hydrogens is 244 g/mol. The van der Waals surface area contributed by atoms with Gasteiger partial charge in [0.1, 0.15) is 5.82 Å². The number of aromatic nitrogens is 3. The Kier molecular flexibility index (Phi) is 4.12. The predicted octanol–water partition coefficient (Wildman–Crippen LogP) is 2.22. The highest BCUT2D eigenvalue weighted by Gasteiger charge is 2.07. The molecule has 0 radical (unpaired) electrons.